The molecule has 1 aliphatic carbocycles. The van der Waals surface area contributed by atoms with Gasteiger partial charge >= 0.3 is 0 Å². The minimum atomic E-state index is 0. The fourth-order valence-corrected chi connectivity index (χ4v) is 7.38. The average Bonchev–Trinajstić information content (AvgIpc) is 2.32. The zero-order valence-corrected chi connectivity index (χ0v) is 19.1. The molecule has 3 heteroatoms. The van der Waals surface area contributed by atoms with Gasteiger partial charge < -0.3 is 0 Å². The normalized spacial score (nSPS) is 30.3. The number of allylic oxidation sites excluding steroid dienone is 4. The van der Waals surface area contributed by atoms with Gasteiger partial charge in [0.05, 0.1) is 0 Å². The molecule has 0 saturated heterocycles. The van der Waals surface area contributed by atoms with E-state index in [0.29, 0.717) is 21.7 Å². The summed E-state index contributed by atoms with van der Waals surface area (Å²) < 4.78 is 0. The van der Waals surface area contributed by atoms with Gasteiger partial charge in [-0.3, -0.25) is 0 Å². The molecular formula is C20H32PdS2. The summed E-state index contributed by atoms with van der Waals surface area (Å²) in [6, 6.07) is 0. The van der Waals surface area contributed by atoms with E-state index in [1.807, 2.05) is 0 Å². The van der Waals surface area contributed by atoms with Crippen molar-refractivity contribution in [1.82, 2.24) is 0 Å². The monoisotopic (exact) mass is 442 g/mol. The molecule has 0 radical (unpaired) electrons. The maximum atomic E-state index is 2.47. The summed E-state index contributed by atoms with van der Waals surface area (Å²) in [5.41, 5.74) is 8.20. The van der Waals surface area contributed by atoms with E-state index in [9.17, 15) is 0 Å². The summed E-state index contributed by atoms with van der Waals surface area (Å²) in [5.74, 6) is 5.04. The average molecular weight is 443 g/mol. The summed E-state index contributed by atoms with van der Waals surface area (Å²) in [6.45, 7) is 19.8. The van der Waals surface area contributed by atoms with Crippen molar-refractivity contribution in [2.24, 2.45) is 21.7 Å². The van der Waals surface area contributed by atoms with E-state index in [2.05, 4.69) is 78.9 Å². The molecular weight excluding hydrogens is 411 g/mol. The van der Waals surface area contributed by atoms with Gasteiger partial charge in [-0.2, -0.15) is 23.5 Å². The van der Waals surface area contributed by atoms with Crippen LogP contribution in [0.2, 0.25) is 0 Å². The molecule has 3 rings (SSSR count). The third kappa shape index (κ3) is 3.07. The Labute approximate surface area is 165 Å². The van der Waals surface area contributed by atoms with Crippen molar-refractivity contribution in [2.45, 2.75) is 55.4 Å². The Morgan fingerprint density at radius 3 is 0.826 bits per heavy atom. The molecule has 0 spiro atoms. The van der Waals surface area contributed by atoms with Gasteiger partial charge in [0.15, 0.2) is 0 Å². The second-order valence-corrected chi connectivity index (χ2v) is 12.0. The first-order valence-corrected chi connectivity index (χ1v) is 10.9. The molecule has 0 bridgehead atoms. The Morgan fingerprint density at radius 1 is 0.478 bits per heavy atom. The van der Waals surface area contributed by atoms with Crippen LogP contribution in [0.15, 0.2) is 22.3 Å². The molecule has 0 amide bonds. The van der Waals surface area contributed by atoms with Crippen LogP contribution in [0.3, 0.4) is 0 Å². The van der Waals surface area contributed by atoms with Crippen molar-refractivity contribution >= 4 is 23.5 Å². The zero-order valence-electron chi connectivity index (χ0n) is 16.0. The van der Waals surface area contributed by atoms with Gasteiger partial charge in [-0.15, -0.1) is 0 Å². The molecule has 0 N–H and O–H groups in total. The molecule has 0 fully saturated rings. The van der Waals surface area contributed by atoms with Crippen molar-refractivity contribution in [1.29, 1.82) is 0 Å². The van der Waals surface area contributed by atoms with Gasteiger partial charge in [0.1, 0.15) is 0 Å². The van der Waals surface area contributed by atoms with Crippen molar-refractivity contribution in [2.75, 3.05) is 23.0 Å². The standard InChI is InChI=1S/C20H32S2.Pd/c1-17(2)9-21-10-18(3,4)14-13(17)15-16(14)20(7,8)12-22-11-19(15,5)6;/h9-12H2,1-8H3;. The topological polar surface area (TPSA) is 0 Å². The van der Waals surface area contributed by atoms with Crippen molar-refractivity contribution in [3.63, 3.8) is 0 Å². The first-order valence-electron chi connectivity index (χ1n) is 8.57. The second-order valence-electron chi connectivity index (χ2n) is 10.0. The summed E-state index contributed by atoms with van der Waals surface area (Å²) >= 11 is 4.31. The van der Waals surface area contributed by atoms with E-state index in [0.717, 1.165) is 0 Å². The molecule has 0 saturated carbocycles. The molecule has 0 atom stereocenters. The number of thioether (sulfide) groups is 2. The predicted octanol–water partition coefficient (Wildman–Crippen LogP) is 6.19. The largest absolute Gasteiger partial charge is 0.160 e. The van der Waals surface area contributed by atoms with Crippen LogP contribution in [0.5, 0.6) is 0 Å². The molecule has 0 aromatic heterocycles. The summed E-state index contributed by atoms with van der Waals surface area (Å²) in [4.78, 5) is 0. The van der Waals surface area contributed by atoms with E-state index in [1.165, 1.54) is 23.0 Å². The Morgan fingerprint density at radius 2 is 0.652 bits per heavy atom. The zero-order chi connectivity index (χ0) is 16.6. The fourth-order valence-electron chi connectivity index (χ4n) is 4.56. The smallest absolute Gasteiger partial charge is 0.00250 e. The molecule has 2 heterocycles. The Hall–Kier alpha value is 0.842. The molecule has 23 heavy (non-hydrogen) atoms. The van der Waals surface area contributed by atoms with Crippen LogP contribution in [0, 0.1) is 21.7 Å². The molecule has 3 aliphatic rings. The number of rotatable bonds is 0. The van der Waals surface area contributed by atoms with Crippen LogP contribution in [-0.2, 0) is 20.4 Å². The predicted molar refractivity (Wildman–Crippen MR) is 104 cm³/mol. The van der Waals surface area contributed by atoms with Gasteiger partial charge in [-0.1, -0.05) is 55.4 Å². The molecule has 2 aliphatic heterocycles. The Balaban J connectivity index is 0.00000192. The summed E-state index contributed by atoms with van der Waals surface area (Å²) in [6.07, 6.45) is 0. The van der Waals surface area contributed by atoms with Crippen LogP contribution in [-0.4, -0.2) is 23.0 Å². The van der Waals surface area contributed by atoms with Gasteiger partial charge in [0, 0.05) is 43.4 Å². The van der Waals surface area contributed by atoms with Crippen molar-refractivity contribution in [3.05, 3.63) is 22.3 Å². The van der Waals surface area contributed by atoms with Gasteiger partial charge in [0.2, 0.25) is 0 Å². The quantitative estimate of drug-likeness (QED) is 0.410. The molecule has 0 aromatic rings. The van der Waals surface area contributed by atoms with Gasteiger partial charge in [-0.25, -0.2) is 0 Å². The molecule has 134 valence electrons. The molecule has 0 unspecified atom stereocenters. The van der Waals surface area contributed by atoms with E-state index in [-0.39, 0.29) is 20.4 Å². The minimum Gasteiger partial charge on any atom is -0.160 e. The van der Waals surface area contributed by atoms with Crippen LogP contribution < -0.4 is 0 Å². The number of hydrogen-bond acceptors (Lipinski definition) is 2. The van der Waals surface area contributed by atoms with Crippen LogP contribution >= 0.6 is 23.5 Å². The number of hydrogen-bond donors (Lipinski definition) is 0. The molecule has 0 aromatic carbocycles. The third-order valence-corrected chi connectivity index (χ3v) is 9.26. The van der Waals surface area contributed by atoms with Crippen LogP contribution in [0.4, 0.5) is 0 Å². The van der Waals surface area contributed by atoms with Crippen molar-refractivity contribution in [3.8, 4) is 0 Å². The third-order valence-electron chi connectivity index (χ3n) is 5.56. The van der Waals surface area contributed by atoms with E-state index in [4.69, 9.17) is 0 Å². The minimum absolute atomic E-state index is 0. The first-order chi connectivity index (χ1) is 9.90. The fraction of sp³-hybridized carbons (Fsp3) is 0.800. The Kier molecular flexibility index (Phi) is 5.20. The SMILES string of the molecule is CC1(C)CSCC(C)(C)C2=C1C1=C2C(C)(C)CSCC1(C)C.[Pd]. The van der Waals surface area contributed by atoms with Crippen LogP contribution in [0.25, 0.3) is 0 Å². The van der Waals surface area contributed by atoms with Gasteiger partial charge in [0.25, 0.3) is 0 Å². The number of fused-ring (bicyclic) bond motifs is 2. The van der Waals surface area contributed by atoms with Crippen LogP contribution in [0.1, 0.15) is 55.4 Å². The summed E-state index contributed by atoms with van der Waals surface area (Å²) in [7, 11) is 0. The maximum absolute atomic E-state index is 2.47. The van der Waals surface area contributed by atoms with E-state index in [1.54, 1.807) is 22.3 Å². The van der Waals surface area contributed by atoms with Gasteiger partial charge in [-0.05, 0) is 44.0 Å². The first kappa shape index (κ1) is 20.2. The Bertz CT molecular complexity index is 465. The van der Waals surface area contributed by atoms with E-state index < -0.39 is 0 Å². The second kappa shape index (κ2) is 5.94. The molecule has 0 nitrogen and oxygen atoms in total. The summed E-state index contributed by atoms with van der Waals surface area (Å²) in [5, 5.41) is 0. The maximum Gasteiger partial charge on any atom is 0.00250 e. The van der Waals surface area contributed by atoms with E-state index >= 15 is 0 Å². The van der Waals surface area contributed by atoms with Crippen molar-refractivity contribution < 1.29 is 20.4 Å².